The molecule has 1 fully saturated rings. The summed E-state index contributed by atoms with van der Waals surface area (Å²) in [4.78, 5) is 22.4. The van der Waals surface area contributed by atoms with E-state index >= 15 is 0 Å². The van der Waals surface area contributed by atoms with Gasteiger partial charge in [-0.15, -0.1) is 0 Å². The molecule has 6 nitrogen and oxygen atoms in total. The monoisotopic (exact) mass is 279 g/mol. The van der Waals surface area contributed by atoms with E-state index in [9.17, 15) is 4.79 Å². The number of ether oxygens (including phenoxy) is 2. The van der Waals surface area contributed by atoms with Crippen molar-refractivity contribution in [1.82, 2.24) is 9.97 Å². The molecule has 1 aliphatic rings. The molecule has 2 heterocycles. The lowest BCUT2D eigenvalue weighted by Crippen LogP contribution is -2.25. The number of carbonyl (C=O) groups excluding carboxylic acids is 1. The molecular weight excluding hydrogens is 258 g/mol. The highest BCUT2D eigenvalue weighted by atomic mass is 16.5. The molecule has 0 bridgehead atoms. The Bertz CT molecular complexity index is 478. The Morgan fingerprint density at radius 2 is 2.20 bits per heavy atom. The van der Waals surface area contributed by atoms with Crippen LogP contribution < -0.4 is 9.64 Å². The third kappa shape index (κ3) is 3.18. The lowest BCUT2D eigenvalue weighted by Gasteiger charge is -2.17. The van der Waals surface area contributed by atoms with Gasteiger partial charge in [-0.25, -0.2) is 4.98 Å². The van der Waals surface area contributed by atoms with Crippen molar-refractivity contribution >= 4 is 11.9 Å². The molecule has 0 radical (unpaired) electrons. The van der Waals surface area contributed by atoms with E-state index in [0.29, 0.717) is 18.4 Å². The van der Waals surface area contributed by atoms with Gasteiger partial charge in [0, 0.05) is 25.4 Å². The highest BCUT2D eigenvalue weighted by Crippen LogP contribution is 2.27. The summed E-state index contributed by atoms with van der Waals surface area (Å²) >= 11 is 0. The summed E-state index contributed by atoms with van der Waals surface area (Å²) in [5.74, 6) is 1.08. The first-order valence-electron chi connectivity index (χ1n) is 6.83. The van der Waals surface area contributed by atoms with Crippen LogP contribution in [0.25, 0.3) is 0 Å². The summed E-state index contributed by atoms with van der Waals surface area (Å²) in [7, 11) is 1.42. The molecule has 0 amide bonds. The Hall–Kier alpha value is -1.85. The number of carbonyl (C=O) groups is 1. The maximum atomic E-state index is 11.7. The zero-order valence-electron chi connectivity index (χ0n) is 12.4. The Kier molecular flexibility index (Phi) is 4.42. The molecule has 2 unspecified atom stereocenters. The lowest BCUT2D eigenvalue weighted by atomic mass is 9.99. The second kappa shape index (κ2) is 6.07. The van der Waals surface area contributed by atoms with Gasteiger partial charge in [-0.1, -0.05) is 6.92 Å². The molecule has 2 atom stereocenters. The number of nitrogens with zero attached hydrogens (tertiary/aromatic N) is 3. The summed E-state index contributed by atoms with van der Waals surface area (Å²) in [5.41, 5.74) is 0. The van der Waals surface area contributed by atoms with Gasteiger partial charge in [0.25, 0.3) is 0 Å². The molecule has 0 aliphatic carbocycles. The number of rotatable bonds is 4. The zero-order valence-corrected chi connectivity index (χ0v) is 12.4. The molecule has 0 spiro atoms. The number of hydrogen-bond donors (Lipinski definition) is 0. The molecule has 1 aromatic heterocycles. The van der Waals surface area contributed by atoms with Gasteiger partial charge in [-0.3, -0.25) is 4.79 Å². The van der Waals surface area contributed by atoms with E-state index in [4.69, 9.17) is 9.47 Å². The summed E-state index contributed by atoms with van der Waals surface area (Å²) < 4.78 is 10.4. The summed E-state index contributed by atoms with van der Waals surface area (Å²) in [5, 5.41) is 0. The quantitative estimate of drug-likeness (QED) is 0.778. The van der Waals surface area contributed by atoms with Crippen LogP contribution in [0, 0.1) is 11.8 Å². The number of esters is 1. The average molecular weight is 279 g/mol. The first kappa shape index (κ1) is 14.6. The zero-order chi connectivity index (χ0) is 14.7. The van der Waals surface area contributed by atoms with Crippen LogP contribution in [-0.2, 0) is 9.53 Å². The largest absolute Gasteiger partial charge is 0.475 e. The molecule has 1 saturated heterocycles. The Morgan fingerprint density at radius 3 is 2.85 bits per heavy atom. The van der Waals surface area contributed by atoms with E-state index in [-0.39, 0.29) is 23.9 Å². The molecule has 1 aliphatic heterocycles. The van der Waals surface area contributed by atoms with Crippen LogP contribution in [0.5, 0.6) is 5.88 Å². The fraction of sp³-hybridized carbons (Fsp3) is 0.643. The minimum absolute atomic E-state index is 0.0677. The van der Waals surface area contributed by atoms with Crippen LogP contribution in [0.3, 0.4) is 0 Å². The third-order valence-electron chi connectivity index (χ3n) is 3.37. The number of anilines is 1. The van der Waals surface area contributed by atoms with Gasteiger partial charge in [-0.2, -0.15) is 4.98 Å². The summed E-state index contributed by atoms with van der Waals surface area (Å²) in [6.45, 7) is 7.26. The van der Waals surface area contributed by atoms with Crippen molar-refractivity contribution in [3.63, 3.8) is 0 Å². The minimum atomic E-state index is -0.172. The third-order valence-corrected chi connectivity index (χ3v) is 3.37. The topological polar surface area (TPSA) is 64.5 Å². The van der Waals surface area contributed by atoms with E-state index in [2.05, 4.69) is 9.97 Å². The standard InChI is InChI=1S/C14H21N3O3/c1-9(2)20-12-5-6-15-14(16-12)17-7-10(3)11(8-17)13(18)19-4/h5-6,9-11H,7-8H2,1-4H3. The fourth-order valence-corrected chi connectivity index (χ4v) is 2.38. The van der Waals surface area contributed by atoms with Gasteiger partial charge >= 0.3 is 5.97 Å². The van der Waals surface area contributed by atoms with E-state index < -0.39 is 0 Å². The van der Waals surface area contributed by atoms with Crippen LogP contribution in [0.4, 0.5) is 5.95 Å². The maximum absolute atomic E-state index is 11.7. The lowest BCUT2D eigenvalue weighted by molar-refractivity contribution is -0.145. The van der Waals surface area contributed by atoms with Crippen LogP contribution in [-0.4, -0.2) is 42.2 Å². The number of aromatic nitrogens is 2. The van der Waals surface area contributed by atoms with Gasteiger partial charge in [0.05, 0.1) is 19.1 Å². The predicted octanol–water partition coefficient (Wildman–Crippen LogP) is 1.51. The molecule has 2 rings (SSSR count). The van der Waals surface area contributed by atoms with Crippen molar-refractivity contribution in [1.29, 1.82) is 0 Å². The Morgan fingerprint density at radius 1 is 1.45 bits per heavy atom. The van der Waals surface area contributed by atoms with Crippen LogP contribution >= 0.6 is 0 Å². The normalized spacial score (nSPS) is 22.1. The van der Waals surface area contributed by atoms with Gasteiger partial charge in [-0.05, 0) is 19.8 Å². The average Bonchev–Trinajstić information content (AvgIpc) is 2.79. The van der Waals surface area contributed by atoms with Crippen LogP contribution in [0.2, 0.25) is 0 Å². The van der Waals surface area contributed by atoms with E-state index in [1.165, 1.54) is 7.11 Å². The van der Waals surface area contributed by atoms with Crippen LogP contribution in [0.1, 0.15) is 20.8 Å². The second-order valence-electron chi connectivity index (χ2n) is 5.37. The number of hydrogen-bond acceptors (Lipinski definition) is 6. The smallest absolute Gasteiger partial charge is 0.310 e. The Labute approximate surface area is 119 Å². The molecule has 0 aromatic carbocycles. The molecule has 0 N–H and O–H groups in total. The van der Waals surface area contributed by atoms with E-state index in [1.54, 1.807) is 12.3 Å². The molecule has 1 aromatic rings. The van der Waals surface area contributed by atoms with Crippen molar-refractivity contribution in [3.8, 4) is 5.88 Å². The van der Waals surface area contributed by atoms with Crippen molar-refractivity contribution in [2.45, 2.75) is 26.9 Å². The Balaban J connectivity index is 2.11. The SMILES string of the molecule is COC(=O)C1CN(c2nccc(OC(C)C)n2)CC1C. The van der Waals surface area contributed by atoms with Crippen molar-refractivity contribution < 1.29 is 14.3 Å². The molecule has 110 valence electrons. The van der Waals surface area contributed by atoms with Gasteiger partial charge in [0.2, 0.25) is 11.8 Å². The maximum Gasteiger partial charge on any atom is 0.310 e. The van der Waals surface area contributed by atoms with Gasteiger partial charge in [0.1, 0.15) is 0 Å². The van der Waals surface area contributed by atoms with Crippen molar-refractivity contribution in [2.24, 2.45) is 11.8 Å². The second-order valence-corrected chi connectivity index (χ2v) is 5.37. The van der Waals surface area contributed by atoms with Gasteiger partial charge < -0.3 is 14.4 Å². The van der Waals surface area contributed by atoms with Crippen LogP contribution in [0.15, 0.2) is 12.3 Å². The molecule has 20 heavy (non-hydrogen) atoms. The fourth-order valence-electron chi connectivity index (χ4n) is 2.38. The van der Waals surface area contributed by atoms with Crippen molar-refractivity contribution in [2.75, 3.05) is 25.1 Å². The summed E-state index contributed by atoms with van der Waals surface area (Å²) in [6, 6.07) is 1.74. The highest BCUT2D eigenvalue weighted by molar-refractivity contribution is 5.74. The molecule has 0 saturated carbocycles. The predicted molar refractivity (Wildman–Crippen MR) is 74.7 cm³/mol. The summed E-state index contributed by atoms with van der Waals surface area (Å²) in [6.07, 6.45) is 1.74. The molecular formula is C14H21N3O3. The first-order valence-corrected chi connectivity index (χ1v) is 6.83. The van der Waals surface area contributed by atoms with Gasteiger partial charge in [0.15, 0.2) is 0 Å². The van der Waals surface area contributed by atoms with E-state index in [0.717, 1.165) is 6.54 Å². The molecule has 6 heteroatoms. The number of methoxy groups -OCH3 is 1. The van der Waals surface area contributed by atoms with E-state index in [1.807, 2.05) is 25.7 Å². The van der Waals surface area contributed by atoms with Crippen molar-refractivity contribution in [3.05, 3.63) is 12.3 Å². The highest BCUT2D eigenvalue weighted by Gasteiger charge is 2.36. The minimum Gasteiger partial charge on any atom is -0.475 e. The first-order chi connectivity index (χ1) is 9.51.